The Kier molecular flexibility index (Phi) is 5.33. The third-order valence-corrected chi connectivity index (χ3v) is 3.74. The zero-order chi connectivity index (χ0) is 13.0. The normalized spacial score (nSPS) is 12.3. The van der Waals surface area contributed by atoms with Gasteiger partial charge in [0.1, 0.15) is 5.82 Å². The predicted octanol–water partition coefficient (Wildman–Crippen LogP) is 2.94. The SMILES string of the molecule is CSCC(C)N(C)C(=O)c1ccc(F)c(S)c1. The summed E-state index contributed by atoms with van der Waals surface area (Å²) < 4.78 is 13.0. The summed E-state index contributed by atoms with van der Waals surface area (Å²) in [7, 11) is 1.75. The number of carbonyl (C=O) groups is 1. The molecule has 94 valence electrons. The number of thiol groups is 1. The van der Waals surface area contributed by atoms with Crippen molar-refractivity contribution in [2.75, 3.05) is 19.1 Å². The molecular formula is C12H16FNOS2. The van der Waals surface area contributed by atoms with E-state index in [0.717, 1.165) is 5.75 Å². The highest BCUT2D eigenvalue weighted by Gasteiger charge is 2.17. The van der Waals surface area contributed by atoms with Crippen LogP contribution < -0.4 is 0 Å². The van der Waals surface area contributed by atoms with Gasteiger partial charge in [-0.3, -0.25) is 4.79 Å². The van der Waals surface area contributed by atoms with E-state index in [-0.39, 0.29) is 16.8 Å². The molecule has 17 heavy (non-hydrogen) atoms. The minimum Gasteiger partial charge on any atom is -0.338 e. The summed E-state index contributed by atoms with van der Waals surface area (Å²) in [6.45, 7) is 1.99. The van der Waals surface area contributed by atoms with E-state index in [0.29, 0.717) is 5.56 Å². The van der Waals surface area contributed by atoms with Crippen LogP contribution in [0, 0.1) is 5.82 Å². The van der Waals surface area contributed by atoms with Crippen LogP contribution in [0.5, 0.6) is 0 Å². The van der Waals surface area contributed by atoms with Crippen molar-refractivity contribution >= 4 is 30.3 Å². The highest BCUT2D eigenvalue weighted by Crippen LogP contribution is 2.16. The molecule has 1 rings (SSSR count). The van der Waals surface area contributed by atoms with Crippen molar-refractivity contribution in [3.05, 3.63) is 29.6 Å². The molecule has 0 saturated heterocycles. The lowest BCUT2D eigenvalue weighted by molar-refractivity contribution is 0.0757. The average molecular weight is 273 g/mol. The second-order valence-electron chi connectivity index (χ2n) is 3.89. The fourth-order valence-corrected chi connectivity index (χ4v) is 2.32. The van der Waals surface area contributed by atoms with E-state index in [4.69, 9.17) is 0 Å². The van der Waals surface area contributed by atoms with Crippen molar-refractivity contribution in [3.8, 4) is 0 Å². The maximum atomic E-state index is 13.0. The zero-order valence-electron chi connectivity index (χ0n) is 10.1. The Morgan fingerprint density at radius 2 is 2.24 bits per heavy atom. The van der Waals surface area contributed by atoms with Crippen LogP contribution in [0.4, 0.5) is 4.39 Å². The molecule has 1 amide bonds. The van der Waals surface area contributed by atoms with Crippen molar-refractivity contribution in [3.63, 3.8) is 0 Å². The van der Waals surface area contributed by atoms with E-state index < -0.39 is 5.82 Å². The molecule has 1 aromatic carbocycles. The summed E-state index contributed by atoms with van der Waals surface area (Å²) in [5.41, 5.74) is 0.465. The van der Waals surface area contributed by atoms with Crippen molar-refractivity contribution in [2.24, 2.45) is 0 Å². The third-order valence-electron chi connectivity index (χ3n) is 2.58. The summed E-state index contributed by atoms with van der Waals surface area (Å²) in [6, 6.07) is 4.36. The monoisotopic (exact) mass is 273 g/mol. The average Bonchev–Trinajstić information content (AvgIpc) is 2.31. The lowest BCUT2D eigenvalue weighted by Crippen LogP contribution is -2.36. The molecule has 1 atom stereocenters. The number of hydrogen-bond acceptors (Lipinski definition) is 3. The molecule has 0 heterocycles. The summed E-state index contributed by atoms with van der Waals surface area (Å²) in [4.78, 5) is 13.9. The van der Waals surface area contributed by atoms with Crippen molar-refractivity contribution in [1.82, 2.24) is 4.90 Å². The van der Waals surface area contributed by atoms with Gasteiger partial charge in [0.15, 0.2) is 0 Å². The van der Waals surface area contributed by atoms with Crippen molar-refractivity contribution < 1.29 is 9.18 Å². The third kappa shape index (κ3) is 3.64. The summed E-state index contributed by atoms with van der Waals surface area (Å²) in [5, 5.41) is 0. The number of nitrogens with zero attached hydrogens (tertiary/aromatic N) is 1. The van der Waals surface area contributed by atoms with Crippen LogP contribution in [0.1, 0.15) is 17.3 Å². The fourth-order valence-electron chi connectivity index (χ4n) is 1.40. The van der Waals surface area contributed by atoms with Gasteiger partial charge in [-0.1, -0.05) is 0 Å². The lowest BCUT2D eigenvalue weighted by atomic mass is 10.2. The fraction of sp³-hybridized carbons (Fsp3) is 0.417. The van der Waals surface area contributed by atoms with Gasteiger partial charge in [0.25, 0.3) is 5.91 Å². The first-order chi connectivity index (χ1) is 7.97. The maximum Gasteiger partial charge on any atom is 0.253 e. The van der Waals surface area contributed by atoms with Crippen LogP contribution in [-0.4, -0.2) is 35.9 Å². The molecule has 0 bridgehead atoms. The van der Waals surface area contributed by atoms with E-state index in [2.05, 4.69) is 12.6 Å². The Bertz CT molecular complexity index is 411. The number of carbonyl (C=O) groups excluding carboxylic acids is 1. The topological polar surface area (TPSA) is 20.3 Å². The Morgan fingerprint density at radius 1 is 1.59 bits per heavy atom. The quantitative estimate of drug-likeness (QED) is 0.851. The van der Waals surface area contributed by atoms with E-state index in [1.807, 2.05) is 13.2 Å². The molecule has 1 unspecified atom stereocenters. The van der Waals surface area contributed by atoms with Crippen LogP contribution in [0.2, 0.25) is 0 Å². The number of amides is 1. The molecule has 0 saturated carbocycles. The first-order valence-corrected chi connectivity index (χ1v) is 7.06. The Balaban J connectivity index is 2.85. The highest BCUT2D eigenvalue weighted by atomic mass is 32.2. The van der Waals surface area contributed by atoms with Gasteiger partial charge in [0, 0.05) is 29.3 Å². The van der Waals surface area contributed by atoms with Gasteiger partial charge in [-0.2, -0.15) is 11.8 Å². The Labute approximate surface area is 111 Å². The van der Waals surface area contributed by atoms with Crippen LogP contribution in [0.25, 0.3) is 0 Å². The summed E-state index contributed by atoms with van der Waals surface area (Å²) in [6.07, 6.45) is 2.00. The summed E-state index contributed by atoms with van der Waals surface area (Å²) in [5.74, 6) is 0.350. The van der Waals surface area contributed by atoms with E-state index in [1.165, 1.54) is 18.2 Å². The van der Waals surface area contributed by atoms with Gasteiger partial charge in [-0.25, -0.2) is 4.39 Å². The number of thioether (sulfide) groups is 1. The van der Waals surface area contributed by atoms with E-state index in [1.54, 1.807) is 23.7 Å². The van der Waals surface area contributed by atoms with E-state index >= 15 is 0 Å². The molecule has 0 aromatic heterocycles. The van der Waals surface area contributed by atoms with E-state index in [9.17, 15) is 9.18 Å². The zero-order valence-corrected chi connectivity index (χ0v) is 11.8. The molecule has 5 heteroatoms. The molecule has 2 nitrogen and oxygen atoms in total. The Morgan fingerprint density at radius 3 is 2.76 bits per heavy atom. The molecule has 0 N–H and O–H groups in total. The molecule has 0 fully saturated rings. The van der Waals surface area contributed by atoms with Gasteiger partial charge < -0.3 is 4.90 Å². The van der Waals surface area contributed by atoms with Gasteiger partial charge in [-0.15, -0.1) is 12.6 Å². The lowest BCUT2D eigenvalue weighted by Gasteiger charge is -2.24. The van der Waals surface area contributed by atoms with Crippen LogP contribution in [-0.2, 0) is 0 Å². The van der Waals surface area contributed by atoms with Crippen molar-refractivity contribution in [1.29, 1.82) is 0 Å². The summed E-state index contributed by atoms with van der Waals surface area (Å²) >= 11 is 5.66. The minimum atomic E-state index is -0.412. The van der Waals surface area contributed by atoms with Gasteiger partial charge >= 0.3 is 0 Å². The molecule has 0 spiro atoms. The largest absolute Gasteiger partial charge is 0.338 e. The maximum absolute atomic E-state index is 13.0. The van der Waals surface area contributed by atoms with Gasteiger partial charge in [-0.05, 0) is 31.4 Å². The number of hydrogen-bond donors (Lipinski definition) is 1. The van der Waals surface area contributed by atoms with Gasteiger partial charge in [0.05, 0.1) is 0 Å². The minimum absolute atomic E-state index is 0.109. The smallest absolute Gasteiger partial charge is 0.253 e. The molecule has 0 aliphatic heterocycles. The second kappa shape index (κ2) is 6.31. The first-order valence-electron chi connectivity index (χ1n) is 5.22. The molecule has 0 radical (unpaired) electrons. The number of halogens is 1. The van der Waals surface area contributed by atoms with Crippen LogP contribution in [0.3, 0.4) is 0 Å². The number of rotatable bonds is 4. The highest BCUT2D eigenvalue weighted by molar-refractivity contribution is 7.98. The van der Waals surface area contributed by atoms with Gasteiger partial charge in [0.2, 0.25) is 0 Å². The second-order valence-corrected chi connectivity index (χ2v) is 5.28. The standard InChI is InChI=1S/C12H16FNOS2/c1-8(7-17-3)14(2)12(15)9-4-5-10(13)11(16)6-9/h4-6,8,16H,7H2,1-3H3. The molecule has 0 aliphatic rings. The van der Waals surface area contributed by atoms with Crippen molar-refractivity contribution in [2.45, 2.75) is 17.9 Å². The molecule has 0 aliphatic carbocycles. The Hall–Kier alpha value is -0.680. The predicted molar refractivity (Wildman–Crippen MR) is 73.6 cm³/mol. The number of benzene rings is 1. The first kappa shape index (κ1) is 14.4. The van der Waals surface area contributed by atoms with Crippen LogP contribution >= 0.6 is 24.4 Å². The molecule has 1 aromatic rings. The molecular weight excluding hydrogens is 257 g/mol. The van der Waals surface area contributed by atoms with Crippen LogP contribution in [0.15, 0.2) is 23.1 Å².